The Bertz CT molecular complexity index is 190. The van der Waals surface area contributed by atoms with Gasteiger partial charge in [0.15, 0.2) is 0 Å². The van der Waals surface area contributed by atoms with Crippen molar-refractivity contribution in [2.45, 2.75) is 37.6 Å². The largest absolute Gasteiger partial charge is 0.384 e. The van der Waals surface area contributed by atoms with Crippen LogP contribution in [0.5, 0.6) is 0 Å². The minimum Gasteiger partial charge on any atom is -0.384 e. The molecule has 2 fully saturated rings. The molecule has 3 heteroatoms. The smallest absolute Gasteiger partial charge is 0.0491 e. The van der Waals surface area contributed by atoms with Crippen LogP contribution in [-0.4, -0.2) is 43.8 Å². The molecule has 0 unspecified atom stereocenters. The summed E-state index contributed by atoms with van der Waals surface area (Å²) in [6.07, 6.45) is 6.58. The van der Waals surface area contributed by atoms with Crippen LogP contribution in [-0.2, 0) is 4.74 Å². The predicted molar refractivity (Wildman–Crippen MR) is 61.8 cm³/mol. The molecule has 0 spiro atoms. The number of rotatable bonds is 4. The molecule has 0 aromatic heterocycles. The van der Waals surface area contributed by atoms with Gasteiger partial charge in [-0.3, -0.25) is 4.90 Å². The number of hydrogen-bond acceptors (Lipinski definition) is 3. The van der Waals surface area contributed by atoms with Crippen LogP contribution in [0, 0.1) is 5.92 Å². The molecule has 1 aliphatic carbocycles. The van der Waals surface area contributed by atoms with Gasteiger partial charge in [0.1, 0.15) is 0 Å². The molecule has 0 atom stereocenters. The lowest BCUT2D eigenvalue weighted by molar-refractivity contribution is -0.0116. The third kappa shape index (κ3) is 2.19. The second kappa shape index (κ2) is 4.81. The molecule has 0 amide bonds. The minimum absolute atomic E-state index is 0.387. The van der Waals surface area contributed by atoms with E-state index in [-0.39, 0.29) is 0 Å². The Morgan fingerprint density at radius 3 is 2.40 bits per heavy atom. The van der Waals surface area contributed by atoms with Gasteiger partial charge >= 0.3 is 0 Å². The first-order chi connectivity index (χ1) is 7.30. The van der Waals surface area contributed by atoms with Crippen molar-refractivity contribution in [2.24, 2.45) is 11.7 Å². The molecule has 0 aromatic carbocycles. The molecule has 2 rings (SSSR count). The van der Waals surface area contributed by atoms with E-state index in [1.54, 1.807) is 7.11 Å². The maximum Gasteiger partial charge on any atom is 0.0491 e. The maximum absolute atomic E-state index is 5.93. The molecule has 3 nitrogen and oxygen atoms in total. The van der Waals surface area contributed by atoms with Gasteiger partial charge in [0.05, 0.1) is 0 Å². The normalized spacial score (nSPS) is 27.6. The maximum atomic E-state index is 5.93. The van der Waals surface area contributed by atoms with Gasteiger partial charge in [0, 0.05) is 25.8 Å². The Hall–Kier alpha value is -0.120. The van der Waals surface area contributed by atoms with Crippen molar-refractivity contribution in [1.29, 1.82) is 0 Å². The summed E-state index contributed by atoms with van der Waals surface area (Å²) >= 11 is 0. The SMILES string of the molecule is COCC1CCN(C2(CN)CCC2)CC1. The fourth-order valence-corrected chi connectivity index (χ4v) is 3.04. The average Bonchev–Trinajstić information content (AvgIpc) is 2.20. The molecular weight excluding hydrogens is 188 g/mol. The molecule has 1 aliphatic heterocycles. The zero-order chi connectivity index (χ0) is 10.7. The second-order valence-corrected chi connectivity index (χ2v) is 5.17. The number of nitrogens with two attached hydrogens (primary N) is 1. The summed E-state index contributed by atoms with van der Waals surface area (Å²) in [4.78, 5) is 2.64. The molecule has 1 saturated heterocycles. The first-order valence-corrected chi connectivity index (χ1v) is 6.25. The van der Waals surface area contributed by atoms with Crippen molar-refractivity contribution in [3.63, 3.8) is 0 Å². The fourth-order valence-electron chi connectivity index (χ4n) is 3.04. The molecule has 15 heavy (non-hydrogen) atoms. The summed E-state index contributed by atoms with van der Waals surface area (Å²) < 4.78 is 5.23. The molecule has 0 radical (unpaired) electrons. The Labute approximate surface area is 93.0 Å². The standard InChI is InChI=1S/C12H24N2O/c1-15-9-11-3-7-14(8-4-11)12(10-13)5-2-6-12/h11H,2-10,13H2,1H3. The van der Waals surface area contributed by atoms with E-state index in [0.717, 1.165) is 19.1 Å². The zero-order valence-corrected chi connectivity index (χ0v) is 9.87. The summed E-state index contributed by atoms with van der Waals surface area (Å²) in [6.45, 7) is 4.24. The van der Waals surface area contributed by atoms with Crippen LogP contribution < -0.4 is 5.73 Å². The molecular formula is C12H24N2O. The zero-order valence-electron chi connectivity index (χ0n) is 9.87. The number of methoxy groups -OCH3 is 1. The van der Waals surface area contributed by atoms with Gasteiger partial charge in [0.2, 0.25) is 0 Å². The van der Waals surface area contributed by atoms with Gasteiger partial charge in [-0.1, -0.05) is 0 Å². The monoisotopic (exact) mass is 212 g/mol. The van der Waals surface area contributed by atoms with E-state index in [4.69, 9.17) is 10.5 Å². The molecule has 1 heterocycles. The fraction of sp³-hybridized carbons (Fsp3) is 1.00. The lowest BCUT2D eigenvalue weighted by Gasteiger charge is -2.52. The van der Waals surface area contributed by atoms with Gasteiger partial charge in [-0.25, -0.2) is 0 Å². The topological polar surface area (TPSA) is 38.5 Å². The Kier molecular flexibility index (Phi) is 3.65. The van der Waals surface area contributed by atoms with E-state index in [1.807, 2.05) is 0 Å². The molecule has 1 saturated carbocycles. The van der Waals surface area contributed by atoms with Crippen molar-refractivity contribution in [1.82, 2.24) is 4.90 Å². The van der Waals surface area contributed by atoms with Crippen LogP contribution in [0.4, 0.5) is 0 Å². The quantitative estimate of drug-likeness (QED) is 0.761. The van der Waals surface area contributed by atoms with E-state index in [0.29, 0.717) is 5.54 Å². The number of likely N-dealkylation sites (tertiary alicyclic amines) is 1. The second-order valence-electron chi connectivity index (χ2n) is 5.17. The highest BCUT2D eigenvalue weighted by atomic mass is 16.5. The van der Waals surface area contributed by atoms with Gasteiger partial charge in [0.25, 0.3) is 0 Å². The summed E-state index contributed by atoms with van der Waals surface area (Å²) in [6, 6.07) is 0. The van der Waals surface area contributed by atoms with Crippen molar-refractivity contribution < 1.29 is 4.74 Å². The molecule has 0 aromatic rings. The van der Waals surface area contributed by atoms with Gasteiger partial charge in [-0.15, -0.1) is 0 Å². The highest BCUT2D eigenvalue weighted by Gasteiger charge is 2.42. The van der Waals surface area contributed by atoms with Crippen molar-refractivity contribution in [3.8, 4) is 0 Å². The number of ether oxygens (including phenoxy) is 1. The van der Waals surface area contributed by atoms with E-state index >= 15 is 0 Å². The van der Waals surface area contributed by atoms with Gasteiger partial charge in [-0.2, -0.15) is 0 Å². The highest BCUT2D eigenvalue weighted by Crippen LogP contribution is 2.38. The van der Waals surface area contributed by atoms with Crippen LogP contribution in [0.25, 0.3) is 0 Å². The van der Waals surface area contributed by atoms with Crippen LogP contribution >= 0.6 is 0 Å². The summed E-state index contributed by atoms with van der Waals surface area (Å²) in [7, 11) is 1.81. The Balaban J connectivity index is 1.82. The number of hydrogen-bond donors (Lipinski definition) is 1. The van der Waals surface area contributed by atoms with Crippen LogP contribution in [0.3, 0.4) is 0 Å². The third-order valence-corrected chi connectivity index (χ3v) is 4.35. The Morgan fingerprint density at radius 2 is 2.00 bits per heavy atom. The summed E-state index contributed by atoms with van der Waals surface area (Å²) in [5.74, 6) is 0.779. The van der Waals surface area contributed by atoms with Crippen LogP contribution in [0.15, 0.2) is 0 Å². The third-order valence-electron chi connectivity index (χ3n) is 4.35. The van der Waals surface area contributed by atoms with E-state index in [1.165, 1.54) is 45.2 Å². The van der Waals surface area contributed by atoms with Crippen LogP contribution in [0.2, 0.25) is 0 Å². The van der Waals surface area contributed by atoms with Gasteiger partial charge < -0.3 is 10.5 Å². The first kappa shape index (κ1) is 11.4. The average molecular weight is 212 g/mol. The highest BCUT2D eigenvalue weighted by molar-refractivity contribution is 5.00. The molecule has 0 bridgehead atoms. The van der Waals surface area contributed by atoms with Crippen LogP contribution in [0.1, 0.15) is 32.1 Å². The molecule has 88 valence electrons. The van der Waals surface area contributed by atoms with Crippen molar-refractivity contribution in [2.75, 3.05) is 33.4 Å². The van der Waals surface area contributed by atoms with E-state index in [2.05, 4.69) is 4.90 Å². The predicted octanol–water partition coefficient (Wildman–Crippen LogP) is 1.23. The first-order valence-electron chi connectivity index (χ1n) is 6.25. The summed E-state index contributed by atoms with van der Waals surface area (Å²) in [5, 5.41) is 0. The van der Waals surface area contributed by atoms with Crippen molar-refractivity contribution in [3.05, 3.63) is 0 Å². The molecule has 2 aliphatic rings. The lowest BCUT2D eigenvalue weighted by atomic mass is 9.74. The van der Waals surface area contributed by atoms with Gasteiger partial charge in [-0.05, 0) is 51.1 Å². The van der Waals surface area contributed by atoms with E-state index < -0.39 is 0 Å². The number of piperidine rings is 1. The lowest BCUT2D eigenvalue weighted by Crippen LogP contribution is -2.60. The summed E-state index contributed by atoms with van der Waals surface area (Å²) in [5.41, 5.74) is 6.31. The Morgan fingerprint density at radius 1 is 1.33 bits per heavy atom. The van der Waals surface area contributed by atoms with Crippen molar-refractivity contribution >= 4 is 0 Å². The van der Waals surface area contributed by atoms with E-state index in [9.17, 15) is 0 Å². The number of nitrogens with zero attached hydrogens (tertiary/aromatic N) is 1. The molecule has 2 N–H and O–H groups in total. The minimum atomic E-state index is 0.387.